The second kappa shape index (κ2) is 6.56. The van der Waals surface area contributed by atoms with Crippen LogP contribution < -0.4 is 5.32 Å². The van der Waals surface area contributed by atoms with Crippen LogP contribution in [0.2, 0.25) is 0 Å². The highest BCUT2D eigenvalue weighted by Gasteiger charge is 2.58. The van der Waals surface area contributed by atoms with E-state index in [1.807, 2.05) is 11.8 Å². The largest absolute Gasteiger partial charge is 0.408 e. The summed E-state index contributed by atoms with van der Waals surface area (Å²) in [5.74, 6) is 1.82. The smallest absolute Gasteiger partial charge is 0.316 e. The van der Waals surface area contributed by atoms with Crippen molar-refractivity contribution in [2.75, 3.05) is 18.4 Å². The second-order valence-electron chi connectivity index (χ2n) is 10.3. The summed E-state index contributed by atoms with van der Waals surface area (Å²) in [6.45, 7) is 3.65. The molecule has 5 fully saturated rings. The van der Waals surface area contributed by atoms with E-state index >= 15 is 0 Å². The molecule has 0 radical (unpaired) electrons. The summed E-state index contributed by atoms with van der Waals surface area (Å²) in [5.41, 5.74) is 2.30. The van der Waals surface area contributed by atoms with Crippen LogP contribution in [0.1, 0.15) is 69.2 Å². The molecule has 1 amide bonds. The molecule has 1 aliphatic heterocycles. The Bertz CT molecular complexity index is 935. The van der Waals surface area contributed by atoms with Gasteiger partial charge in [0.1, 0.15) is 6.04 Å². The molecule has 7 rings (SSSR count). The molecule has 1 saturated heterocycles. The number of amides is 1. The monoisotopic (exact) mass is 406 g/mol. The molecule has 1 spiro atoms. The fourth-order valence-electron chi connectivity index (χ4n) is 6.26. The maximum atomic E-state index is 12.8. The van der Waals surface area contributed by atoms with Crippen LogP contribution in [0.15, 0.2) is 34.7 Å². The van der Waals surface area contributed by atoms with E-state index in [1.54, 1.807) is 0 Å². The number of benzene rings is 1. The molecule has 1 aromatic heterocycles. The van der Waals surface area contributed by atoms with Crippen LogP contribution in [0.5, 0.6) is 0 Å². The van der Waals surface area contributed by atoms with Gasteiger partial charge < -0.3 is 14.6 Å². The number of piperidine rings is 1. The average Bonchev–Trinajstić information content (AvgIpc) is 3.12. The molecule has 5 aliphatic rings. The number of nitrogens with one attached hydrogen (secondary N) is 1. The molecule has 2 aromatic rings. The highest BCUT2D eigenvalue weighted by atomic mass is 16.4. The Balaban J connectivity index is 1.08. The summed E-state index contributed by atoms with van der Waals surface area (Å²) >= 11 is 0. The Hall–Kier alpha value is -2.37. The van der Waals surface area contributed by atoms with Crippen LogP contribution in [0.4, 0.5) is 6.01 Å². The molecule has 2 heterocycles. The minimum absolute atomic E-state index is 0.136. The molecule has 4 saturated carbocycles. The predicted octanol–water partition coefficient (Wildman–Crippen LogP) is 4.11. The highest BCUT2D eigenvalue weighted by molar-refractivity contribution is 5.83. The number of hydrogen-bond acceptors (Lipinski definition) is 5. The third kappa shape index (κ3) is 2.95. The van der Waals surface area contributed by atoms with E-state index in [2.05, 4.69) is 45.8 Å². The topological polar surface area (TPSA) is 71.3 Å². The standard InChI is InChI=1S/C24H30N4O2/c1-16(21(29)28-11-9-23(7-8-23)10-12-28)25-22-27-26-20(30-22)19-15-24(13-17(19)14-24)18-5-3-2-4-6-18/h2-6,16-17,19H,7-15H2,1H3,(H,25,27)/t16-,17?,19-,24?/m1/s1. The molecule has 6 heteroatoms. The fourth-order valence-corrected chi connectivity index (χ4v) is 6.26. The first-order valence-electron chi connectivity index (χ1n) is 11.5. The van der Waals surface area contributed by atoms with Crippen molar-refractivity contribution in [2.24, 2.45) is 11.3 Å². The van der Waals surface area contributed by atoms with Crippen molar-refractivity contribution in [3.8, 4) is 0 Å². The summed E-state index contributed by atoms with van der Waals surface area (Å²) in [5, 5.41) is 11.7. The van der Waals surface area contributed by atoms with Gasteiger partial charge in [-0.1, -0.05) is 35.4 Å². The Kier molecular flexibility index (Phi) is 4.03. The van der Waals surface area contributed by atoms with E-state index in [-0.39, 0.29) is 17.4 Å². The summed E-state index contributed by atoms with van der Waals surface area (Å²) in [4.78, 5) is 14.8. The number of fused-ring (bicyclic) bond motifs is 1. The minimum Gasteiger partial charge on any atom is -0.408 e. The van der Waals surface area contributed by atoms with Crippen LogP contribution in [0.25, 0.3) is 0 Å². The average molecular weight is 407 g/mol. The number of hydrogen-bond donors (Lipinski definition) is 1. The molecular formula is C24H30N4O2. The predicted molar refractivity (Wildman–Crippen MR) is 113 cm³/mol. The van der Waals surface area contributed by atoms with Crippen LogP contribution in [-0.2, 0) is 10.2 Å². The summed E-state index contributed by atoms with van der Waals surface area (Å²) in [7, 11) is 0. The molecule has 0 unspecified atom stereocenters. The van der Waals surface area contributed by atoms with Gasteiger partial charge in [0.05, 0.1) is 0 Å². The highest BCUT2D eigenvalue weighted by Crippen LogP contribution is 2.65. The van der Waals surface area contributed by atoms with Gasteiger partial charge >= 0.3 is 6.01 Å². The number of aromatic nitrogens is 2. The van der Waals surface area contributed by atoms with Crippen molar-refractivity contribution in [1.29, 1.82) is 0 Å². The van der Waals surface area contributed by atoms with Crippen molar-refractivity contribution < 1.29 is 9.21 Å². The lowest BCUT2D eigenvalue weighted by atomic mass is 9.65. The van der Waals surface area contributed by atoms with E-state index in [9.17, 15) is 4.79 Å². The maximum absolute atomic E-state index is 12.8. The number of rotatable bonds is 5. The van der Waals surface area contributed by atoms with Crippen LogP contribution in [0.3, 0.4) is 0 Å². The fraction of sp³-hybridized carbons (Fsp3) is 0.625. The minimum atomic E-state index is -0.348. The molecule has 158 valence electrons. The third-order valence-electron chi connectivity index (χ3n) is 8.43. The number of anilines is 1. The van der Waals surface area contributed by atoms with Crippen molar-refractivity contribution in [2.45, 2.75) is 69.2 Å². The molecular weight excluding hydrogens is 376 g/mol. The Morgan fingerprint density at radius 1 is 1.10 bits per heavy atom. The van der Waals surface area contributed by atoms with Crippen molar-refractivity contribution in [3.05, 3.63) is 41.8 Å². The zero-order valence-corrected chi connectivity index (χ0v) is 17.6. The number of carbonyl (C=O) groups is 1. The molecule has 2 atom stereocenters. The van der Waals surface area contributed by atoms with Crippen LogP contribution >= 0.6 is 0 Å². The van der Waals surface area contributed by atoms with Gasteiger partial charge in [-0.25, -0.2) is 0 Å². The Labute approximate surface area is 177 Å². The summed E-state index contributed by atoms with van der Waals surface area (Å²) in [6, 6.07) is 10.9. The zero-order valence-electron chi connectivity index (χ0n) is 17.6. The first kappa shape index (κ1) is 18.4. The summed E-state index contributed by atoms with van der Waals surface area (Å²) in [6.07, 6.45) is 8.50. The SMILES string of the molecule is C[C@@H](Nc1nnc([C@@H]2CC3(c4ccccc4)CC2C3)o1)C(=O)N1CCC2(CC1)CC2. The molecule has 1 aromatic carbocycles. The van der Waals surface area contributed by atoms with Crippen molar-refractivity contribution in [1.82, 2.24) is 15.1 Å². The zero-order chi connectivity index (χ0) is 20.3. The van der Waals surface area contributed by atoms with E-state index < -0.39 is 0 Å². The van der Waals surface area contributed by atoms with E-state index in [0.717, 1.165) is 38.2 Å². The van der Waals surface area contributed by atoms with Gasteiger partial charge in [-0.15, -0.1) is 5.10 Å². The van der Waals surface area contributed by atoms with Gasteiger partial charge in [-0.05, 0) is 74.2 Å². The van der Waals surface area contributed by atoms with E-state index in [0.29, 0.717) is 23.3 Å². The van der Waals surface area contributed by atoms with Crippen LogP contribution in [0, 0.1) is 11.3 Å². The van der Waals surface area contributed by atoms with Gasteiger partial charge in [-0.3, -0.25) is 4.79 Å². The molecule has 4 aliphatic carbocycles. The third-order valence-corrected chi connectivity index (χ3v) is 8.43. The Morgan fingerprint density at radius 3 is 2.53 bits per heavy atom. The number of nitrogens with zero attached hydrogens (tertiary/aromatic N) is 3. The van der Waals surface area contributed by atoms with Crippen molar-refractivity contribution >= 4 is 11.9 Å². The van der Waals surface area contributed by atoms with Gasteiger partial charge in [0.25, 0.3) is 0 Å². The van der Waals surface area contributed by atoms with E-state index in [4.69, 9.17) is 4.42 Å². The molecule has 6 nitrogen and oxygen atoms in total. The number of carbonyl (C=O) groups excluding carboxylic acids is 1. The first-order valence-corrected chi connectivity index (χ1v) is 11.5. The maximum Gasteiger partial charge on any atom is 0.316 e. The normalized spacial score (nSPS) is 32.0. The Morgan fingerprint density at radius 2 is 1.83 bits per heavy atom. The quantitative estimate of drug-likeness (QED) is 0.809. The van der Waals surface area contributed by atoms with Gasteiger partial charge in [0.2, 0.25) is 11.8 Å². The lowest BCUT2D eigenvalue weighted by Gasteiger charge is -2.39. The first-order chi connectivity index (χ1) is 14.6. The van der Waals surface area contributed by atoms with Gasteiger partial charge in [0.15, 0.2) is 0 Å². The van der Waals surface area contributed by atoms with Crippen molar-refractivity contribution in [3.63, 3.8) is 0 Å². The number of likely N-dealkylation sites (tertiary alicyclic amines) is 1. The summed E-state index contributed by atoms with van der Waals surface area (Å²) < 4.78 is 5.99. The van der Waals surface area contributed by atoms with Crippen LogP contribution in [-0.4, -0.2) is 40.1 Å². The van der Waals surface area contributed by atoms with Gasteiger partial charge in [0, 0.05) is 19.0 Å². The molecule has 2 bridgehead atoms. The second-order valence-corrected chi connectivity index (χ2v) is 10.3. The van der Waals surface area contributed by atoms with Gasteiger partial charge in [-0.2, -0.15) is 0 Å². The lowest BCUT2D eigenvalue weighted by molar-refractivity contribution is -0.133. The van der Waals surface area contributed by atoms with E-state index in [1.165, 1.54) is 31.2 Å². The molecule has 30 heavy (non-hydrogen) atoms. The lowest BCUT2D eigenvalue weighted by Crippen LogP contribution is -2.45. The molecule has 1 N–H and O–H groups in total.